The topological polar surface area (TPSA) is 198 Å². The van der Waals surface area contributed by atoms with Gasteiger partial charge in [0.1, 0.15) is 5.75 Å². The van der Waals surface area contributed by atoms with Crippen molar-refractivity contribution in [2.75, 3.05) is 49.8 Å². The number of hydrogen-bond donors (Lipinski definition) is 5. The van der Waals surface area contributed by atoms with E-state index in [2.05, 4.69) is 10.6 Å². The maximum absolute atomic E-state index is 11.6. The van der Waals surface area contributed by atoms with Crippen LogP contribution in [-0.4, -0.2) is 50.2 Å². The Morgan fingerprint density at radius 3 is 2.29 bits per heavy atom. The Kier molecular flexibility index (Phi) is 9.65. The second kappa shape index (κ2) is 12.6. The molecule has 2 aromatic rings. The van der Waals surface area contributed by atoms with Crippen LogP contribution in [0, 0.1) is 10.1 Å². The Balaban J connectivity index is 2.06. The average molecular weight is 473 g/mol. The average Bonchev–Trinajstić information content (AvgIpc) is 2.79. The fourth-order valence-electron chi connectivity index (χ4n) is 2.94. The minimum atomic E-state index is -0.800. The summed E-state index contributed by atoms with van der Waals surface area (Å²) >= 11 is 0. The lowest BCUT2D eigenvalue weighted by Gasteiger charge is -2.14. The lowest BCUT2D eigenvalue weighted by atomic mass is 10.1. The first kappa shape index (κ1) is 25.9. The summed E-state index contributed by atoms with van der Waals surface area (Å²) < 4.78 is 10.6. The molecule has 0 heterocycles. The Morgan fingerprint density at radius 1 is 1.03 bits per heavy atom. The molecule has 0 unspecified atom stereocenters. The standard InChI is InChI=1S/C22H28N6O6/c1-33-9-4-10-34-19-13-15(22(25)30)12-18(28(31)32)20(19)27-8-3-2-7-26-17-6-5-14(21(24)29)11-16(17)23/h2-3,5-6,11-13,26-27H,4,7-10,23H2,1H3,(H2,24,29)(H2,25,30)/b3-2+. The molecular formula is C22H28N6O6. The molecule has 0 aliphatic carbocycles. The summed E-state index contributed by atoms with van der Waals surface area (Å²) in [7, 11) is 1.55. The van der Waals surface area contributed by atoms with Gasteiger partial charge in [0.15, 0.2) is 5.69 Å². The lowest BCUT2D eigenvalue weighted by Crippen LogP contribution is -2.14. The number of nitrogens with one attached hydrogen (secondary N) is 2. The summed E-state index contributed by atoms with van der Waals surface area (Å²) in [5.41, 5.74) is 17.5. The molecule has 0 spiro atoms. The van der Waals surface area contributed by atoms with Crippen molar-refractivity contribution in [2.24, 2.45) is 11.5 Å². The van der Waals surface area contributed by atoms with E-state index < -0.39 is 16.7 Å². The smallest absolute Gasteiger partial charge is 0.296 e. The zero-order chi connectivity index (χ0) is 25.1. The molecule has 8 N–H and O–H groups in total. The summed E-state index contributed by atoms with van der Waals surface area (Å²) in [6.45, 7) is 1.33. The number of nitro groups is 1. The van der Waals surface area contributed by atoms with Gasteiger partial charge in [0.25, 0.3) is 5.69 Å². The van der Waals surface area contributed by atoms with Crippen LogP contribution in [0.1, 0.15) is 27.1 Å². The number of ether oxygens (including phenoxy) is 2. The third-order valence-electron chi connectivity index (χ3n) is 4.62. The summed E-state index contributed by atoms with van der Waals surface area (Å²) in [6.07, 6.45) is 4.10. The number of primary amides is 2. The van der Waals surface area contributed by atoms with Gasteiger partial charge in [0.05, 0.1) is 22.9 Å². The largest absolute Gasteiger partial charge is 0.491 e. The number of nitro benzene ring substituents is 1. The van der Waals surface area contributed by atoms with Crippen molar-refractivity contribution in [2.45, 2.75) is 6.42 Å². The number of carbonyl (C=O) groups excluding carboxylic acids is 2. The second-order valence-corrected chi connectivity index (χ2v) is 7.08. The van der Waals surface area contributed by atoms with E-state index in [1.807, 2.05) is 0 Å². The van der Waals surface area contributed by atoms with Gasteiger partial charge in [-0.25, -0.2) is 0 Å². The Hall–Kier alpha value is -4.32. The lowest BCUT2D eigenvalue weighted by molar-refractivity contribution is -0.384. The number of nitrogens with zero attached hydrogens (tertiary/aromatic N) is 1. The van der Waals surface area contributed by atoms with Crippen LogP contribution in [0.2, 0.25) is 0 Å². The van der Waals surface area contributed by atoms with Crippen molar-refractivity contribution in [3.63, 3.8) is 0 Å². The van der Waals surface area contributed by atoms with Gasteiger partial charge in [-0.1, -0.05) is 12.2 Å². The van der Waals surface area contributed by atoms with Gasteiger partial charge < -0.3 is 37.3 Å². The molecule has 12 heteroatoms. The van der Waals surface area contributed by atoms with Crippen LogP contribution in [0.15, 0.2) is 42.5 Å². The van der Waals surface area contributed by atoms with Crippen LogP contribution in [0.3, 0.4) is 0 Å². The molecule has 2 amide bonds. The van der Waals surface area contributed by atoms with Gasteiger partial charge >= 0.3 is 0 Å². The number of benzene rings is 2. The van der Waals surface area contributed by atoms with Crippen molar-refractivity contribution in [3.8, 4) is 5.75 Å². The van der Waals surface area contributed by atoms with Crippen LogP contribution in [0.25, 0.3) is 0 Å². The molecule has 0 fully saturated rings. The number of anilines is 3. The minimum Gasteiger partial charge on any atom is -0.491 e. The number of carbonyl (C=O) groups is 2. The Morgan fingerprint density at radius 2 is 1.71 bits per heavy atom. The molecule has 12 nitrogen and oxygen atoms in total. The quantitative estimate of drug-likeness (QED) is 0.0895. The predicted molar refractivity (Wildman–Crippen MR) is 129 cm³/mol. The molecule has 0 aliphatic heterocycles. The minimum absolute atomic E-state index is 0.0290. The summed E-state index contributed by atoms with van der Waals surface area (Å²) in [5, 5.41) is 17.6. The number of nitrogen functional groups attached to an aromatic ring is 1. The zero-order valence-corrected chi connectivity index (χ0v) is 18.7. The fourth-order valence-corrected chi connectivity index (χ4v) is 2.94. The summed E-state index contributed by atoms with van der Waals surface area (Å²) in [4.78, 5) is 33.8. The maximum Gasteiger partial charge on any atom is 0.296 e. The van der Waals surface area contributed by atoms with Crippen LogP contribution < -0.4 is 32.6 Å². The first-order chi connectivity index (χ1) is 16.2. The van der Waals surface area contributed by atoms with Crippen molar-refractivity contribution >= 4 is 34.6 Å². The monoisotopic (exact) mass is 472 g/mol. The summed E-state index contributed by atoms with van der Waals surface area (Å²) in [5.74, 6) is -1.22. The SMILES string of the molecule is COCCCOc1cc(C(N)=O)cc([N+](=O)[O-])c1NC/C=C/CNc1ccc(C(N)=O)cc1N. The normalized spacial score (nSPS) is 10.7. The number of nitrogens with two attached hydrogens (primary N) is 3. The predicted octanol–water partition coefficient (Wildman–Crippen LogP) is 1.87. The van der Waals surface area contributed by atoms with E-state index in [1.54, 1.807) is 31.4 Å². The molecule has 0 radical (unpaired) electrons. The first-order valence-electron chi connectivity index (χ1n) is 10.3. The molecule has 0 saturated heterocycles. The molecule has 182 valence electrons. The molecule has 2 aromatic carbocycles. The third kappa shape index (κ3) is 7.38. The van der Waals surface area contributed by atoms with Crippen LogP contribution in [0.5, 0.6) is 5.75 Å². The number of amides is 2. The molecule has 0 aromatic heterocycles. The van der Waals surface area contributed by atoms with E-state index >= 15 is 0 Å². The van der Waals surface area contributed by atoms with Crippen LogP contribution >= 0.6 is 0 Å². The Bertz CT molecular complexity index is 1070. The van der Waals surface area contributed by atoms with Gasteiger partial charge in [-0.3, -0.25) is 19.7 Å². The van der Waals surface area contributed by atoms with E-state index in [9.17, 15) is 19.7 Å². The summed E-state index contributed by atoms with van der Waals surface area (Å²) in [6, 6.07) is 7.18. The fraction of sp³-hybridized carbons (Fsp3) is 0.273. The van der Waals surface area contributed by atoms with Crippen molar-refractivity contribution < 1.29 is 24.0 Å². The number of methoxy groups -OCH3 is 1. The van der Waals surface area contributed by atoms with E-state index in [0.29, 0.717) is 36.5 Å². The Labute approximate surface area is 196 Å². The molecule has 0 aliphatic rings. The van der Waals surface area contributed by atoms with Crippen LogP contribution in [0.4, 0.5) is 22.7 Å². The van der Waals surface area contributed by atoms with Gasteiger partial charge in [0, 0.05) is 50.4 Å². The molecule has 34 heavy (non-hydrogen) atoms. The van der Waals surface area contributed by atoms with E-state index in [4.69, 9.17) is 26.7 Å². The van der Waals surface area contributed by atoms with Crippen molar-refractivity contribution in [1.29, 1.82) is 0 Å². The van der Waals surface area contributed by atoms with Crippen molar-refractivity contribution in [3.05, 3.63) is 63.7 Å². The van der Waals surface area contributed by atoms with Gasteiger partial charge in [0.2, 0.25) is 11.8 Å². The molecule has 0 bridgehead atoms. The van der Waals surface area contributed by atoms with E-state index in [0.717, 1.165) is 6.07 Å². The van der Waals surface area contributed by atoms with E-state index in [1.165, 1.54) is 12.1 Å². The third-order valence-corrected chi connectivity index (χ3v) is 4.62. The maximum atomic E-state index is 11.6. The van der Waals surface area contributed by atoms with E-state index in [-0.39, 0.29) is 35.8 Å². The van der Waals surface area contributed by atoms with Gasteiger partial charge in [-0.2, -0.15) is 0 Å². The second-order valence-electron chi connectivity index (χ2n) is 7.08. The van der Waals surface area contributed by atoms with Crippen LogP contribution in [-0.2, 0) is 4.74 Å². The molecule has 0 atom stereocenters. The van der Waals surface area contributed by atoms with Gasteiger partial charge in [-0.15, -0.1) is 0 Å². The first-order valence-corrected chi connectivity index (χ1v) is 10.3. The molecule has 2 rings (SSSR count). The molecular weight excluding hydrogens is 444 g/mol. The molecule has 0 saturated carbocycles. The zero-order valence-electron chi connectivity index (χ0n) is 18.7. The highest BCUT2D eigenvalue weighted by Gasteiger charge is 2.22. The number of rotatable bonds is 14. The highest BCUT2D eigenvalue weighted by Crippen LogP contribution is 2.36. The van der Waals surface area contributed by atoms with Crippen molar-refractivity contribution in [1.82, 2.24) is 0 Å². The number of hydrogen-bond acceptors (Lipinski definition) is 9. The highest BCUT2D eigenvalue weighted by molar-refractivity contribution is 5.96. The highest BCUT2D eigenvalue weighted by atomic mass is 16.6. The van der Waals surface area contributed by atoms with Gasteiger partial charge in [-0.05, 0) is 24.3 Å².